The fourth-order valence-electron chi connectivity index (χ4n) is 2.17. The number of nitrogens with zero attached hydrogens (tertiary/aromatic N) is 1. The van der Waals surface area contributed by atoms with Gasteiger partial charge in [0.15, 0.2) is 0 Å². The first-order valence-electron chi connectivity index (χ1n) is 7.65. The molecule has 0 unspecified atom stereocenters. The lowest BCUT2D eigenvalue weighted by molar-refractivity contribution is -0.385. The van der Waals surface area contributed by atoms with Gasteiger partial charge in [0, 0.05) is 17.7 Å². The predicted octanol–water partition coefficient (Wildman–Crippen LogP) is 4.39. The predicted molar refractivity (Wildman–Crippen MR) is 82.6 cm³/mol. The molecule has 0 aliphatic carbocycles. The molecule has 1 atom stereocenters. The van der Waals surface area contributed by atoms with E-state index in [1.54, 1.807) is 13.0 Å². The van der Waals surface area contributed by atoms with E-state index in [-0.39, 0.29) is 5.69 Å². The van der Waals surface area contributed by atoms with Gasteiger partial charge in [-0.05, 0) is 19.4 Å². The minimum Gasteiger partial charge on any atom is -0.493 e. The maximum absolute atomic E-state index is 10.8. The highest BCUT2D eigenvalue weighted by molar-refractivity contribution is 5.44. The Labute approximate surface area is 126 Å². The van der Waals surface area contributed by atoms with E-state index in [1.165, 1.54) is 37.8 Å². The number of hydrogen-bond donors (Lipinski definition) is 1. The molecular formula is C16H25NO4. The Hall–Kier alpha value is -1.62. The second-order valence-corrected chi connectivity index (χ2v) is 5.27. The molecule has 1 aromatic carbocycles. The molecule has 5 heteroatoms. The van der Waals surface area contributed by atoms with E-state index >= 15 is 0 Å². The van der Waals surface area contributed by atoms with Gasteiger partial charge in [0.1, 0.15) is 5.75 Å². The molecule has 0 amide bonds. The molecule has 0 aliphatic heterocycles. The van der Waals surface area contributed by atoms with Crippen molar-refractivity contribution in [3.8, 4) is 5.75 Å². The zero-order valence-corrected chi connectivity index (χ0v) is 12.9. The molecule has 1 rings (SSSR count). The van der Waals surface area contributed by atoms with Crippen molar-refractivity contribution in [1.29, 1.82) is 0 Å². The molecule has 0 heterocycles. The lowest BCUT2D eigenvalue weighted by Gasteiger charge is -2.13. The average molecular weight is 295 g/mol. The van der Waals surface area contributed by atoms with E-state index in [9.17, 15) is 15.2 Å². The van der Waals surface area contributed by atoms with E-state index in [0.717, 1.165) is 12.8 Å². The highest BCUT2D eigenvalue weighted by atomic mass is 16.6. The van der Waals surface area contributed by atoms with Crippen molar-refractivity contribution in [2.75, 3.05) is 6.61 Å². The van der Waals surface area contributed by atoms with Crippen molar-refractivity contribution >= 4 is 5.69 Å². The Morgan fingerprint density at radius 2 is 1.90 bits per heavy atom. The number of rotatable bonds is 10. The van der Waals surface area contributed by atoms with Crippen molar-refractivity contribution in [2.45, 2.75) is 58.5 Å². The summed E-state index contributed by atoms with van der Waals surface area (Å²) in [6.45, 7) is 4.34. The van der Waals surface area contributed by atoms with Gasteiger partial charge in [-0.1, -0.05) is 39.0 Å². The van der Waals surface area contributed by atoms with Crippen LogP contribution in [0, 0.1) is 10.1 Å². The quantitative estimate of drug-likeness (QED) is 0.395. The van der Waals surface area contributed by atoms with Crippen LogP contribution >= 0.6 is 0 Å². The third kappa shape index (κ3) is 6.12. The number of nitro benzene ring substituents is 1. The van der Waals surface area contributed by atoms with Gasteiger partial charge in [-0.2, -0.15) is 0 Å². The highest BCUT2D eigenvalue weighted by Crippen LogP contribution is 2.29. The van der Waals surface area contributed by atoms with Crippen LogP contribution < -0.4 is 4.74 Å². The summed E-state index contributed by atoms with van der Waals surface area (Å²) in [5, 5.41) is 20.5. The van der Waals surface area contributed by atoms with Crippen LogP contribution in [-0.4, -0.2) is 16.6 Å². The fourth-order valence-corrected chi connectivity index (χ4v) is 2.17. The summed E-state index contributed by atoms with van der Waals surface area (Å²) in [6, 6.07) is 4.35. The molecule has 1 aromatic rings. The number of aliphatic hydroxyl groups excluding tert-OH is 1. The van der Waals surface area contributed by atoms with Gasteiger partial charge in [0.05, 0.1) is 17.6 Å². The molecular weight excluding hydrogens is 270 g/mol. The third-order valence-corrected chi connectivity index (χ3v) is 3.41. The molecule has 0 saturated carbocycles. The average Bonchev–Trinajstić information content (AvgIpc) is 2.46. The van der Waals surface area contributed by atoms with Crippen LogP contribution in [0.2, 0.25) is 0 Å². The molecule has 0 aliphatic rings. The Balaban J connectivity index is 2.49. The number of non-ortho nitro benzene ring substituents is 1. The first-order chi connectivity index (χ1) is 10.1. The summed E-state index contributed by atoms with van der Waals surface area (Å²) in [5.41, 5.74) is 0.438. The lowest BCUT2D eigenvalue weighted by Crippen LogP contribution is -2.03. The van der Waals surface area contributed by atoms with Crippen LogP contribution in [0.25, 0.3) is 0 Å². The maximum Gasteiger partial charge on any atom is 0.270 e. The largest absolute Gasteiger partial charge is 0.493 e. The zero-order chi connectivity index (χ0) is 15.7. The van der Waals surface area contributed by atoms with E-state index in [4.69, 9.17) is 4.74 Å². The van der Waals surface area contributed by atoms with Crippen LogP contribution in [0.3, 0.4) is 0 Å². The number of ether oxygens (including phenoxy) is 1. The Morgan fingerprint density at radius 3 is 2.52 bits per heavy atom. The van der Waals surface area contributed by atoms with E-state index in [1.807, 2.05) is 0 Å². The normalized spacial score (nSPS) is 12.1. The van der Waals surface area contributed by atoms with Crippen molar-refractivity contribution in [3.05, 3.63) is 33.9 Å². The summed E-state index contributed by atoms with van der Waals surface area (Å²) < 4.78 is 5.66. The van der Waals surface area contributed by atoms with Gasteiger partial charge < -0.3 is 9.84 Å². The van der Waals surface area contributed by atoms with Crippen molar-refractivity contribution in [2.24, 2.45) is 0 Å². The fraction of sp³-hybridized carbons (Fsp3) is 0.625. The maximum atomic E-state index is 10.8. The molecule has 0 radical (unpaired) electrons. The molecule has 1 N–H and O–H groups in total. The van der Waals surface area contributed by atoms with Crippen LogP contribution in [-0.2, 0) is 0 Å². The van der Waals surface area contributed by atoms with Crippen LogP contribution in [0.5, 0.6) is 5.75 Å². The Bertz CT molecular complexity index is 446. The van der Waals surface area contributed by atoms with Gasteiger partial charge in [-0.3, -0.25) is 10.1 Å². The second kappa shape index (κ2) is 9.34. The number of aliphatic hydroxyl groups is 1. The molecule has 118 valence electrons. The van der Waals surface area contributed by atoms with Gasteiger partial charge >= 0.3 is 0 Å². The second-order valence-electron chi connectivity index (χ2n) is 5.27. The van der Waals surface area contributed by atoms with E-state index in [0.29, 0.717) is 17.9 Å². The minimum absolute atomic E-state index is 0.0298. The first-order valence-corrected chi connectivity index (χ1v) is 7.65. The topological polar surface area (TPSA) is 72.6 Å². The van der Waals surface area contributed by atoms with E-state index < -0.39 is 11.0 Å². The van der Waals surface area contributed by atoms with Gasteiger partial charge in [-0.25, -0.2) is 0 Å². The standard InChI is InChI=1S/C16H25NO4/c1-3-4-5-6-7-8-11-21-16-10-9-14(17(19)20)12-15(16)13(2)18/h9-10,12-13,18H,3-8,11H2,1-2H3/t13-/m1/s1. The zero-order valence-electron chi connectivity index (χ0n) is 12.9. The number of nitro groups is 1. The van der Waals surface area contributed by atoms with Gasteiger partial charge in [0.2, 0.25) is 0 Å². The molecule has 0 aromatic heterocycles. The number of hydrogen-bond acceptors (Lipinski definition) is 4. The van der Waals surface area contributed by atoms with Gasteiger partial charge in [0.25, 0.3) is 5.69 Å². The van der Waals surface area contributed by atoms with Crippen molar-refractivity contribution in [1.82, 2.24) is 0 Å². The Morgan fingerprint density at radius 1 is 1.24 bits per heavy atom. The van der Waals surface area contributed by atoms with Crippen LogP contribution in [0.15, 0.2) is 18.2 Å². The van der Waals surface area contributed by atoms with Crippen LogP contribution in [0.1, 0.15) is 64.0 Å². The molecule has 5 nitrogen and oxygen atoms in total. The van der Waals surface area contributed by atoms with Crippen molar-refractivity contribution < 1.29 is 14.8 Å². The highest BCUT2D eigenvalue weighted by Gasteiger charge is 2.15. The third-order valence-electron chi connectivity index (χ3n) is 3.41. The summed E-state index contributed by atoms with van der Waals surface area (Å²) in [5.74, 6) is 0.532. The summed E-state index contributed by atoms with van der Waals surface area (Å²) in [6.07, 6.45) is 6.27. The SMILES string of the molecule is CCCCCCCCOc1ccc([N+](=O)[O-])cc1[C@@H](C)O. The Kier molecular flexibility index (Phi) is 7.75. The molecule has 0 spiro atoms. The van der Waals surface area contributed by atoms with Gasteiger partial charge in [-0.15, -0.1) is 0 Å². The van der Waals surface area contributed by atoms with E-state index in [2.05, 4.69) is 6.92 Å². The number of benzene rings is 1. The van der Waals surface area contributed by atoms with Crippen LogP contribution in [0.4, 0.5) is 5.69 Å². The number of unbranched alkanes of at least 4 members (excludes halogenated alkanes) is 5. The molecule has 0 bridgehead atoms. The smallest absolute Gasteiger partial charge is 0.270 e. The first kappa shape index (κ1) is 17.4. The monoisotopic (exact) mass is 295 g/mol. The molecule has 0 saturated heterocycles. The summed E-state index contributed by atoms with van der Waals surface area (Å²) in [7, 11) is 0. The van der Waals surface area contributed by atoms with Crippen molar-refractivity contribution in [3.63, 3.8) is 0 Å². The minimum atomic E-state index is -0.788. The lowest BCUT2D eigenvalue weighted by atomic mass is 10.1. The summed E-state index contributed by atoms with van der Waals surface area (Å²) in [4.78, 5) is 10.3. The molecule has 0 fully saturated rings. The molecule has 21 heavy (non-hydrogen) atoms. The summed E-state index contributed by atoms with van der Waals surface area (Å²) >= 11 is 0.